The lowest BCUT2D eigenvalue weighted by atomic mass is 9.97. The topological polar surface area (TPSA) is 81.8 Å². The van der Waals surface area contributed by atoms with Gasteiger partial charge < -0.3 is 19.0 Å². The SMILES string of the molecule is COc1ccc2nc(C(F)(F)F)n(CC(=O)N3CCC(c4nc(C5=NOC(c6c(F)cccc6F)C5)cs4)CC3)c2c1. The molecule has 0 N–H and O–H groups in total. The third-order valence-electron chi connectivity index (χ3n) is 7.51. The van der Waals surface area contributed by atoms with Gasteiger partial charge in [0, 0.05) is 36.9 Å². The summed E-state index contributed by atoms with van der Waals surface area (Å²) >= 11 is 1.42. The minimum Gasteiger partial charge on any atom is -0.497 e. The third kappa shape index (κ3) is 5.30. The van der Waals surface area contributed by atoms with E-state index in [4.69, 9.17) is 9.57 Å². The molecule has 0 saturated carbocycles. The van der Waals surface area contributed by atoms with Crippen molar-refractivity contribution >= 4 is 34.0 Å². The number of carbonyl (C=O) groups excluding carboxylic acids is 1. The molecule has 1 saturated heterocycles. The Morgan fingerprint density at radius 3 is 2.55 bits per heavy atom. The van der Waals surface area contributed by atoms with Crippen molar-refractivity contribution in [2.24, 2.45) is 5.16 Å². The molecule has 4 heterocycles. The van der Waals surface area contributed by atoms with Crippen LogP contribution in [0.2, 0.25) is 0 Å². The van der Waals surface area contributed by atoms with Crippen LogP contribution in [0.25, 0.3) is 11.0 Å². The fourth-order valence-electron chi connectivity index (χ4n) is 5.33. The predicted molar refractivity (Wildman–Crippen MR) is 143 cm³/mol. The van der Waals surface area contributed by atoms with Gasteiger partial charge in [0.2, 0.25) is 11.7 Å². The first kappa shape index (κ1) is 28.1. The summed E-state index contributed by atoms with van der Waals surface area (Å²) in [6.45, 7) is 0.205. The lowest BCUT2D eigenvalue weighted by molar-refractivity contribution is -0.148. The molecule has 42 heavy (non-hydrogen) atoms. The van der Waals surface area contributed by atoms with Crippen molar-refractivity contribution in [2.75, 3.05) is 20.2 Å². The molecule has 1 unspecified atom stereocenters. The van der Waals surface area contributed by atoms with E-state index in [1.807, 2.05) is 5.38 Å². The van der Waals surface area contributed by atoms with E-state index in [1.54, 1.807) is 4.90 Å². The number of benzene rings is 2. The molecule has 0 aliphatic carbocycles. The van der Waals surface area contributed by atoms with E-state index in [0.29, 0.717) is 43.1 Å². The number of alkyl halides is 3. The summed E-state index contributed by atoms with van der Waals surface area (Å²) in [7, 11) is 1.41. The van der Waals surface area contributed by atoms with E-state index < -0.39 is 42.2 Å². The molecule has 1 atom stereocenters. The molecule has 4 aromatic rings. The van der Waals surface area contributed by atoms with Gasteiger partial charge in [0.1, 0.15) is 29.6 Å². The largest absolute Gasteiger partial charge is 0.497 e. The van der Waals surface area contributed by atoms with Gasteiger partial charge in [-0.25, -0.2) is 18.7 Å². The number of oxime groups is 1. The number of nitrogens with zero attached hydrogens (tertiary/aromatic N) is 5. The average Bonchev–Trinajstić information content (AvgIpc) is 3.72. The molecule has 6 rings (SSSR count). The van der Waals surface area contributed by atoms with Gasteiger partial charge in [-0.3, -0.25) is 4.79 Å². The van der Waals surface area contributed by atoms with Gasteiger partial charge in [-0.2, -0.15) is 13.2 Å². The van der Waals surface area contributed by atoms with Crippen LogP contribution in [-0.2, 0) is 22.4 Å². The van der Waals surface area contributed by atoms with Gasteiger partial charge in [-0.15, -0.1) is 11.3 Å². The molecule has 2 aliphatic heterocycles. The highest BCUT2D eigenvalue weighted by Crippen LogP contribution is 2.36. The van der Waals surface area contributed by atoms with E-state index in [0.717, 1.165) is 9.57 Å². The number of carbonyl (C=O) groups is 1. The summed E-state index contributed by atoms with van der Waals surface area (Å²) in [5, 5.41) is 6.65. The van der Waals surface area contributed by atoms with E-state index in [1.165, 1.54) is 54.8 Å². The van der Waals surface area contributed by atoms with Crippen LogP contribution in [0.1, 0.15) is 53.4 Å². The Morgan fingerprint density at radius 2 is 1.86 bits per heavy atom. The average molecular weight is 606 g/mol. The normalized spacial score (nSPS) is 17.9. The molecular weight excluding hydrogens is 581 g/mol. The highest BCUT2D eigenvalue weighted by Gasteiger charge is 2.39. The Labute approximate surface area is 240 Å². The predicted octanol–water partition coefficient (Wildman–Crippen LogP) is 6.07. The Morgan fingerprint density at radius 1 is 1.12 bits per heavy atom. The molecular formula is C28H24F5N5O3S. The number of likely N-dealkylation sites (tertiary alicyclic amines) is 1. The monoisotopic (exact) mass is 605 g/mol. The van der Waals surface area contributed by atoms with Crippen molar-refractivity contribution in [1.82, 2.24) is 19.4 Å². The molecule has 220 valence electrons. The van der Waals surface area contributed by atoms with Crippen molar-refractivity contribution in [3.63, 3.8) is 0 Å². The van der Waals surface area contributed by atoms with E-state index in [-0.39, 0.29) is 28.9 Å². The number of fused-ring (bicyclic) bond motifs is 1. The second-order valence-electron chi connectivity index (χ2n) is 10.1. The summed E-state index contributed by atoms with van der Waals surface area (Å²) in [6.07, 6.45) is -4.29. The molecule has 8 nitrogen and oxygen atoms in total. The number of ether oxygens (including phenoxy) is 1. The second kappa shape index (κ2) is 11.0. The number of piperidine rings is 1. The van der Waals surface area contributed by atoms with E-state index >= 15 is 0 Å². The Bertz CT molecular complexity index is 1660. The van der Waals surface area contributed by atoms with Crippen molar-refractivity contribution in [3.8, 4) is 5.75 Å². The van der Waals surface area contributed by atoms with Crippen LogP contribution in [0.3, 0.4) is 0 Å². The molecule has 14 heteroatoms. The number of imidazole rings is 1. The minimum absolute atomic E-state index is 0.0413. The highest BCUT2D eigenvalue weighted by atomic mass is 32.1. The van der Waals surface area contributed by atoms with Crippen LogP contribution >= 0.6 is 11.3 Å². The lowest BCUT2D eigenvalue weighted by Crippen LogP contribution is -2.40. The van der Waals surface area contributed by atoms with Crippen LogP contribution in [0.5, 0.6) is 5.75 Å². The Balaban J connectivity index is 1.10. The first-order valence-corrected chi connectivity index (χ1v) is 14.0. The van der Waals surface area contributed by atoms with Gasteiger partial charge >= 0.3 is 6.18 Å². The standard InChI is InChI=1S/C28H24F5N5O3S/c1-40-16-5-6-19-22(11-16)38(27(35-19)28(31,32)33)13-24(39)37-9-7-15(8-10-37)26-34-21(14-42-26)20-12-23(41-36-20)25-17(29)3-2-4-18(25)30/h2-6,11,14-15,23H,7-10,12-13H2,1H3. The van der Waals surface area contributed by atoms with Gasteiger partial charge in [-0.1, -0.05) is 11.2 Å². The summed E-state index contributed by atoms with van der Waals surface area (Å²) in [5.41, 5.74) is 1.17. The van der Waals surface area contributed by atoms with Crippen LogP contribution in [-0.4, -0.2) is 51.3 Å². The molecule has 1 fully saturated rings. The fraction of sp³-hybridized carbons (Fsp3) is 0.357. The number of amides is 1. The highest BCUT2D eigenvalue weighted by molar-refractivity contribution is 7.10. The van der Waals surface area contributed by atoms with Gasteiger partial charge in [0.15, 0.2) is 6.10 Å². The van der Waals surface area contributed by atoms with E-state index in [9.17, 15) is 26.7 Å². The quantitative estimate of drug-likeness (QED) is 0.249. The summed E-state index contributed by atoms with van der Waals surface area (Å²) in [4.78, 5) is 28.4. The number of rotatable bonds is 6. The fourth-order valence-corrected chi connectivity index (χ4v) is 6.33. The number of halogens is 5. The molecule has 0 spiro atoms. The maximum absolute atomic E-state index is 14.2. The summed E-state index contributed by atoms with van der Waals surface area (Å²) < 4.78 is 75.7. The molecule has 0 bridgehead atoms. The van der Waals surface area contributed by atoms with Crippen LogP contribution in [0.4, 0.5) is 22.0 Å². The smallest absolute Gasteiger partial charge is 0.449 e. The van der Waals surface area contributed by atoms with Crippen LogP contribution in [0.15, 0.2) is 46.9 Å². The van der Waals surface area contributed by atoms with Crippen molar-refractivity contribution in [1.29, 1.82) is 0 Å². The summed E-state index contributed by atoms with van der Waals surface area (Å²) in [5.74, 6) is -2.58. The maximum atomic E-state index is 14.2. The maximum Gasteiger partial charge on any atom is 0.449 e. The molecule has 2 aromatic carbocycles. The van der Waals surface area contributed by atoms with E-state index in [2.05, 4.69) is 15.1 Å². The second-order valence-corrected chi connectivity index (χ2v) is 11.0. The van der Waals surface area contributed by atoms with Crippen LogP contribution < -0.4 is 4.74 Å². The first-order valence-electron chi connectivity index (χ1n) is 13.1. The molecule has 2 aromatic heterocycles. The van der Waals surface area contributed by atoms with Gasteiger partial charge in [-0.05, 0) is 37.1 Å². The summed E-state index contributed by atoms with van der Waals surface area (Å²) in [6, 6.07) is 8.01. The van der Waals surface area contributed by atoms with Crippen molar-refractivity contribution in [3.05, 3.63) is 75.5 Å². The number of methoxy groups -OCH3 is 1. The minimum atomic E-state index is -4.74. The number of hydrogen-bond acceptors (Lipinski definition) is 7. The third-order valence-corrected chi connectivity index (χ3v) is 8.51. The Kier molecular flexibility index (Phi) is 7.33. The zero-order valence-electron chi connectivity index (χ0n) is 22.2. The zero-order chi connectivity index (χ0) is 29.6. The first-order chi connectivity index (χ1) is 20.1. The molecule has 2 aliphatic rings. The van der Waals surface area contributed by atoms with Gasteiger partial charge in [0.25, 0.3) is 0 Å². The Hall–Kier alpha value is -4.07. The van der Waals surface area contributed by atoms with Crippen molar-refractivity contribution < 1.29 is 36.3 Å². The zero-order valence-corrected chi connectivity index (χ0v) is 23.0. The lowest BCUT2D eigenvalue weighted by Gasteiger charge is -2.31. The number of hydrogen-bond donors (Lipinski definition) is 0. The molecule has 0 radical (unpaired) electrons. The number of aromatic nitrogens is 3. The molecule has 1 amide bonds. The van der Waals surface area contributed by atoms with Gasteiger partial charge in [0.05, 0.1) is 34.4 Å². The van der Waals surface area contributed by atoms with Crippen molar-refractivity contribution in [2.45, 2.75) is 44.0 Å². The number of thiazole rings is 1. The van der Waals surface area contributed by atoms with Crippen LogP contribution in [0, 0.1) is 11.6 Å².